The molecule has 0 aromatic heterocycles. The summed E-state index contributed by atoms with van der Waals surface area (Å²) in [5.74, 6) is -1.20. The summed E-state index contributed by atoms with van der Waals surface area (Å²) in [6, 6.07) is 0. The first-order valence-corrected chi connectivity index (χ1v) is 5.40. The molecule has 0 spiro atoms. The Kier molecular flexibility index (Phi) is 6.53. The Balaban J connectivity index is 4.17. The molecule has 0 bridgehead atoms. The van der Waals surface area contributed by atoms with E-state index in [0.29, 0.717) is 11.8 Å². The maximum atomic E-state index is 11.2. The molecule has 2 unspecified atom stereocenters. The molecule has 0 saturated carbocycles. The van der Waals surface area contributed by atoms with Gasteiger partial charge in [-0.25, -0.2) is 0 Å². The number of carbonyl (C=O) groups is 2. The van der Waals surface area contributed by atoms with E-state index < -0.39 is 0 Å². The SMILES string of the molecule is COC(=O)C(C)CC(CBr)C(=O)OC. The van der Waals surface area contributed by atoms with Crippen LogP contribution in [0.4, 0.5) is 0 Å². The summed E-state index contributed by atoms with van der Waals surface area (Å²) in [7, 11) is 2.67. The summed E-state index contributed by atoms with van der Waals surface area (Å²) in [5, 5.41) is 0.487. The molecule has 4 nitrogen and oxygen atoms in total. The van der Waals surface area contributed by atoms with Gasteiger partial charge in [-0.05, 0) is 6.42 Å². The van der Waals surface area contributed by atoms with Crippen LogP contribution in [-0.2, 0) is 19.1 Å². The Bertz CT molecular complexity index is 205. The van der Waals surface area contributed by atoms with Crippen molar-refractivity contribution in [2.45, 2.75) is 13.3 Å². The van der Waals surface area contributed by atoms with Crippen molar-refractivity contribution in [3.63, 3.8) is 0 Å². The number of esters is 2. The van der Waals surface area contributed by atoms with Crippen LogP contribution < -0.4 is 0 Å². The van der Waals surface area contributed by atoms with Crippen LogP contribution in [0.15, 0.2) is 0 Å². The van der Waals surface area contributed by atoms with Crippen LogP contribution in [0.1, 0.15) is 13.3 Å². The number of hydrogen-bond acceptors (Lipinski definition) is 4. The number of carbonyl (C=O) groups excluding carboxylic acids is 2. The van der Waals surface area contributed by atoms with Crippen molar-refractivity contribution >= 4 is 27.9 Å². The molecule has 0 aliphatic rings. The molecule has 0 N–H and O–H groups in total. The van der Waals surface area contributed by atoms with Crippen molar-refractivity contribution in [1.82, 2.24) is 0 Å². The van der Waals surface area contributed by atoms with Gasteiger partial charge in [-0.2, -0.15) is 0 Å². The molecule has 0 aromatic carbocycles. The maximum absolute atomic E-state index is 11.2. The molecular weight excluding hydrogens is 252 g/mol. The molecule has 14 heavy (non-hydrogen) atoms. The van der Waals surface area contributed by atoms with E-state index >= 15 is 0 Å². The monoisotopic (exact) mass is 266 g/mol. The van der Waals surface area contributed by atoms with E-state index in [4.69, 9.17) is 0 Å². The first-order chi connectivity index (χ1) is 6.56. The van der Waals surface area contributed by atoms with Gasteiger partial charge in [0.1, 0.15) is 0 Å². The highest BCUT2D eigenvalue weighted by Gasteiger charge is 2.24. The van der Waals surface area contributed by atoms with E-state index in [-0.39, 0.29) is 23.8 Å². The first-order valence-electron chi connectivity index (χ1n) is 4.28. The fourth-order valence-corrected chi connectivity index (χ4v) is 1.64. The van der Waals surface area contributed by atoms with Crippen LogP contribution in [0.3, 0.4) is 0 Å². The smallest absolute Gasteiger partial charge is 0.309 e. The Morgan fingerprint density at radius 3 is 2.07 bits per heavy atom. The van der Waals surface area contributed by atoms with E-state index in [1.54, 1.807) is 6.92 Å². The lowest BCUT2D eigenvalue weighted by atomic mass is 9.97. The zero-order valence-corrected chi connectivity index (χ0v) is 10.2. The molecule has 0 heterocycles. The predicted octanol–water partition coefficient (Wildman–Crippen LogP) is 1.37. The minimum Gasteiger partial charge on any atom is -0.469 e. The summed E-state index contributed by atoms with van der Waals surface area (Å²) in [5.41, 5.74) is 0. The van der Waals surface area contributed by atoms with Gasteiger partial charge in [-0.3, -0.25) is 9.59 Å². The fraction of sp³-hybridized carbons (Fsp3) is 0.778. The van der Waals surface area contributed by atoms with Gasteiger partial charge in [-0.1, -0.05) is 22.9 Å². The van der Waals surface area contributed by atoms with Crippen molar-refractivity contribution in [2.24, 2.45) is 11.8 Å². The molecule has 0 amide bonds. The van der Waals surface area contributed by atoms with E-state index in [1.165, 1.54) is 14.2 Å². The van der Waals surface area contributed by atoms with Gasteiger partial charge in [0.05, 0.1) is 26.1 Å². The Hall–Kier alpha value is -0.580. The van der Waals surface area contributed by atoms with E-state index in [2.05, 4.69) is 25.4 Å². The Labute approximate surface area is 92.1 Å². The van der Waals surface area contributed by atoms with Crippen LogP contribution in [0.2, 0.25) is 0 Å². The lowest BCUT2D eigenvalue weighted by Gasteiger charge is -2.15. The van der Waals surface area contributed by atoms with Gasteiger partial charge >= 0.3 is 11.9 Å². The van der Waals surface area contributed by atoms with E-state index in [1.807, 2.05) is 0 Å². The van der Waals surface area contributed by atoms with Gasteiger partial charge in [0, 0.05) is 5.33 Å². The quantitative estimate of drug-likeness (QED) is 0.557. The van der Waals surface area contributed by atoms with E-state index in [0.717, 1.165) is 0 Å². The van der Waals surface area contributed by atoms with Crippen molar-refractivity contribution in [2.75, 3.05) is 19.5 Å². The highest BCUT2D eigenvalue weighted by atomic mass is 79.9. The molecule has 82 valence electrons. The normalized spacial score (nSPS) is 14.3. The standard InChI is InChI=1S/C9H15BrO4/c1-6(8(11)13-2)4-7(5-10)9(12)14-3/h6-7H,4-5H2,1-3H3. The number of methoxy groups -OCH3 is 2. The predicted molar refractivity (Wildman–Crippen MR) is 55.1 cm³/mol. The fourth-order valence-electron chi connectivity index (χ4n) is 1.11. The van der Waals surface area contributed by atoms with Gasteiger partial charge < -0.3 is 9.47 Å². The molecule has 2 atom stereocenters. The summed E-state index contributed by atoms with van der Waals surface area (Å²) >= 11 is 3.20. The molecule has 0 rings (SSSR count). The average Bonchev–Trinajstić information content (AvgIpc) is 2.22. The number of rotatable bonds is 5. The van der Waals surface area contributed by atoms with Crippen LogP contribution in [0.25, 0.3) is 0 Å². The molecule has 0 aliphatic heterocycles. The number of hydrogen-bond donors (Lipinski definition) is 0. The molecule has 0 radical (unpaired) electrons. The first kappa shape index (κ1) is 13.4. The maximum Gasteiger partial charge on any atom is 0.309 e. The summed E-state index contributed by atoms with van der Waals surface area (Å²) in [4.78, 5) is 22.3. The summed E-state index contributed by atoms with van der Waals surface area (Å²) in [6.07, 6.45) is 0.435. The molecular formula is C9H15BrO4. The molecule has 0 fully saturated rings. The second-order valence-corrected chi connectivity index (χ2v) is 3.68. The third-order valence-electron chi connectivity index (χ3n) is 1.96. The molecule has 0 aromatic rings. The highest BCUT2D eigenvalue weighted by Crippen LogP contribution is 2.17. The highest BCUT2D eigenvalue weighted by molar-refractivity contribution is 9.09. The average molecular weight is 267 g/mol. The number of ether oxygens (including phenoxy) is 2. The largest absolute Gasteiger partial charge is 0.469 e. The zero-order chi connectivity index (χ0) is 11.1. The number of alkyl halides is 1. The van der Waals surface area contributed by atoms with Crippen LogP contribution >= 0.6 is 15.9 Å². The van der Waals surface area contributed by atoms with Gasteiger partial charge in [0.25, 0.3) is 0 Å². The minimum absolute atomic E-state index is 0.290. The lowest BCUT2D eigenvalue weighted by molar-refractivity contribution is -0.148. The Morgan fingerprint density at radius 2 is 1.71 bits per heavy atom. The van der Waals surface area contributed by atoms with Gasteiger partial charge in [0.2, 0.25) is 0 Å². The second-order valence-electron chi connectivity index (χ2n) is 3.03. The molecule has 0 saturated heterocycles. The number of halogens is 1. The third kappa shape index (κ3) is 4.09. The van der Waals surface area contributed by atoms with Crippen molar-refractivity contribution in [3.8, 4) is 0 Å². The van der Waals surface area contributed by atoms with Crippen molar-refractivity contribution < 1.29 is 19.1 Å². The van der Waals surface area contributed by atoms with E-state index in [9.17, 15) is 9.59 Å². The summed E-state index contributed by atoms with van der Waals surface area (Å²) in [6.45, 7) is 1.73. The minimum atomic E-state index is -0.308. The molecule has 5 heteroatoms. The topological polar surface area (TPSA) is 52.6 Å². The lowest BCUT2D eigenvalue weighted by Crippen LogP contribution is -2.24. The summed E-state index contributed by atoms with van der Waals surface area (Å²) < 4.78 is 9.16. The third-order valence-corrected chi connectivity index (χ3v) is 2.74. The van der Waals surface area contributed by atoms with Crippen LogP contribution in [0, 0.1) is 11.8 Å². The molecule has 0 aliphatic carbocycles. The van der Waals surface area contributed by atoms with Crippen molar-refractivity contribution in [1.29, 1.82) is 0 Å². The Morgan fingerprint density at radius 1 is 1.21 bits per heavy atom. The van der Waals surface area contributed by atoms with Gasteiger partial charge in [0.15, 0.2) is 0 Å². The van der Waals surface area contributed by atoms with Crippen LogP contribution in [-0.4, -0.2) is 31.5 Å². The van der Waals surface area contributed by atoms with Crippen molar-refractivity contribution in [3.05, 3.63) is 0 Å². The van der Waals surface area contributed by atoms with Crippen LogP contribution in [0.5, 0.6) is 0 Å². The van der Waals surface area contributed by atoms with Gasteiger partial charge in [-0.15, -0.1) is 0 Å². The zero-order valence-electron chi connectivity index (χ0n) is 8.58. The second kappa shape index (κ2) is 6.81.